The molecule has 0 aromatic heterocycles. The van der Waals surface area contributed by atoms with Gasteiger partial charge < -0.3 is 10.6 Å². The summed E-state index contributed by atoms with van der Waals surface area (Å²) in [5, 5.41) is 5.71. The molecule has 23 heavy (non-hydrogen) atoms. The molecule has 0 radical (unpaired) electrons. The van der Waals surface area contributed by atoms with Crippen molar-refractivity contribution in [2.75, 3.05) is 5.32 Å². The van der Waals surface area contributed by atoms with Crippen LogP contribution in [0.3, 0.4) is 0 Å². The molecular formula is C19H17FN2O. The summed E-state index contributed by atoms with van der Waals surface area (Å²) in [6.45, 7) is 5.38. The van der Waals surface area contributed by atoms with Crippen LogP contribution in [0.4, 0.5) is 10.1 Å². The van der Waals surface area contributed by atoms with E-state index in [0.29, 0.717) is 0 Å². The molecule has 1 heterocycles. The Balaban J connectivity index is 1.95. The lowest BCUT2D eigenvalue weighted by Crippen LogP contribution is -2.17. The Bertz CT molecular complexity index is 800. The van der Waals surface area contributed by atoms with E-state index in [0.717, 1.165) is 28.4 Å². The number of carbonyl (C=O) groups is 1. The zero-order chi connectivity index (χ0) is 16.4. The van der Waals surface area contributed by atoms with Crippen molar-refractivity contribution in [1.82, 2.24) is 5.32 Å². The Morgan fingerprint density at radius 1 is 1.39 bits per heavy atom. The van der Waals surface area contributed by atoms with E-state index >= 15 is 0 Å². The zero-order valence-electron chi connectivity index (χ0n) is 12.8. The van der Waals surface area contributed by atoms with Gasteiger partial charge in [0.25, 0.3) is 0 Å². The van der Waals surface area contributed by atoms with Crippen molar-refractivity contribution in [3.63, 3.8) is 0 Å². The average molecular weight is 308 g/mol. The van der Waals surface area contributed by atoms with Gasteiger partial charge in [-0.15, -0.1) is 0 Å². The molecule has 1 aromatic rings. The first kappa shape index (κ1) is 15.0. The number of hydrogen-bond donors (Lipinski definition) is 2. The average Bonchev–Trinajstić information content (AvgIpc) is 2.88. The molecule has 1 aromatic carbocycles. The molecule has 1 atom stereocenters. The molecule has 1 aliphatic heterocycles. The fourth-order valence-electron chi connectivity index (χ4n) is 2.65. The van der Waals surface area contributed by atoms with Crippen LogP contribution >= 0.6 is 0 Å². The van der Waals surface area contributed by atoms with Gasteiger partial charge >= 0.3 is 0 Å². The first-order valence-corrected chi connectivity index (χ1v) is 7.34. The minimum absolute atomic E-state index is 0.146. The fraction of sp³-hybridized carbons (Fsp3) is 0.105. The summed E-state index contributed by atoms with van der Waals surface area (Å²) in [6, 6.07) is 4.96. The molecule has 0 bridgehead atoms. The first-order valence-electron chi connectivity index (χ1n) is 7.34. The summed E-state index contributed by atoms with van der Waals surface area (Å²) < 4.78 is 14.2. The van der Waals surface area contributed by atoms with Crippen molar-refractivity contribution < 1.29 is 9.18 Å². The van der Waals surface area contributed by atoms with Gasteiger partial charge in [0.05, 0.1) is 11.7 Å². The summed E-state index contributed by atoms with van der Waals surface area (Å²) in [5.74, 6) is -0.907. The summed E-state index contributed by atoms with van der Waals surface area (Å²) in [5.41, 5.74) is 4.09. The number of benzene rings is 1. The molecule has 116 valence electrons. The fourth-order valence-corrected chi connectivity index (χ4v) is 2.65. The lowest BCUT2D eigenvalue weighted by Gasteiger charge is -2.09. The zero-order valence-corrected chi connectivity index (χ0v) is 12.8. The second-order valence-electron chi connectivity index (χ2n) is 5.52. The van der Waals surface area contributed by atoms with Gasteiger partial charge in [0, 0.05) is 0 Å². The van der Waals surface area contributed by atoms with Crippen LogP contribution < -0.4 is 10.6 Å². The Morgan fingerprint density at radius 3 is 2.96 bits per heavy atom. The van der Waals surface area contributed by atoms with Gasteiger partial charge in [-0.1, -0.05) is 30.4 Å². The van der Waals surface area contributed by atoms with E-state index in [1.54, 1.807) is 12.1 Å². The molecule has 3 rings (SSSR count). The third-order valence-electron chi connectivity index (χ3n) is 3.79. The van der Waals surface area contributed by atoms with E-state index in [1.165, 1.54) is 6.07 Å². The maximum absolute atomic E-state index is 14.2. The third-order valence-corrected chi connectivity index (χ3v) is 3.79. The molecule has 1 aliphatic carbocycles. The highest BCUT2D eigenvalue weighted by atomic mass is 19.1. The normalized spacial score (nSPS) is 18.9. The van der Waals surface area contributed by atoms with Gasteiger partial charge in [-0.05, 0) is 60.2 Å². The maximum Gasteiger partial charge on any atom is 0.247 e. The highest BCUT2D eigenvalue weighted by Crippen LogP contribution is 2.29. The third kappa shape index (κ3) is 3.16. The van der Waals surface area contributed by atoms with Crippen molar-refractivity contribution in [3.8, 4) is 0 Å². The monoisotopic (exact) mass is 308 g/mol. The molecule has 2 aliphatic rings. The van der Waals surface area contributed by atoms with Crippen LogP contribution in [0, 0.1) is 5.82 Å². The number of hydrogen-bond acceptors (Lipinski definition) is 2. The molecule has 1 amide bonds. The van der Waals surface area contributed by atoms with Gasteiger partial charge in [0.15, 0.2) is 0 Å². The number of rotatable bonds is 3. The summed E-state index contributed by atoms with van der Waals surface area (Å²) in [7, 11) is 0. The predicted molar refractivity (Wildman–Crippen MR) is 91.1 cm³/mol. The van der Waals surface area contributed by atoms with Crippen molar-refractivity contribution in [3.05, 3.63) is 83.9 Å². The molecular weight excluding hydrogens is 291 g/mol. The number of anilines is 1. The van der Waals surface area contributed by atoms with Crippen molar-refractivity contribution >= 4 is 17.2 Å². The Labute approximate surface area is 134 Å². The minimum atomic E-state index is -0.473. The number of nitrogens with one attached hydrogen (secondary N) is 2. The molecule has 3 nitrogen and oxygen atoms in total. The lowest BCUT2D eigenvalue weighted by atomic mass is 10.0. The summed E-state index contributed by atoms with van der Waals surface area (Å²) in [6.07, 6.45) is 11.2. The van der Waals surface area contributed by atoms with Crippen LogP contribution in [0.25, 0.3) is 5.57 Å². The Morgan fingerprint density at radius 2 is 2.22 bits per heavy atom. The van der Waals surface area contributed by atoms with Gasteiger partial charge in [-0.25, -0.2) is 4.39 Å². The summed E-state index contributed by atoms with van der Waals surface area (Å²) >= 11 is 0. The number of amides is 1. The molecule has 0 saturated heterocycles. The number of carbonyl (C=O) groups excluding carboxylic acids is 1. The summed E-state index contributed by atoms with van der Waals surface area (Å²) in [4.78, 5) is 11.3. The highest BCUT2D eigenvalue weighted by Gasteiger charge is 2.17. The van der Waals surface area contributed by atoms with Gasteiger partial charge in [0.2, 0.25) is 5.91 Å². The minimum Gasteiger partial charge on any atom is -0.381 e. The number of allylic oxidation sites excluding steroid dienone is 4. The van der Waals surface area contributed by atoms with Gasteiger partial charge in [0.1, 0.15) is 5.82 Å². The van der Waals surface area contributed by atoms with Crippen molar-refractivity contribution in [2.45, 2.75) is 13.0 Å². The smallest absolute Gasteiger partial charge is 0.247 e. The van der Waals surface area contributed by atoms with Crippen molar-refractivity contribution in [2.24, 2.45) is 0 Å². The van der Waals surface area contributed by atoms with Crippen LogP contribution in [0.2, 0.25) is 0 Å². The highest BCUT2D eigenvalue weighted by molar-refractivity contribution is 5.99. The SMILES string of the molecule is C=CC(=O)Nc1ccc(C2=CC(C)=CC3NC=CC3=C2)cc1F. The van der Waals surface area contributed by atoms with Gasteiger partial charge in [-0.2, -0.15) is 0 Å². The van der Waals surface area contributed by atoms with E-state index in [-0.39, 0.29) is 11.7 Å². The quantitative estimate of drug-likeness (QED) is 0.836. The molecule has 0 saturated carbocycles. The predicted octanol–water partition coefficient (Wildman–Crippen LogP) is 3.71. The first-order chi connectivity index (χ1) is 11.1. The van der Waals surface area contributed by atoms with Gasteiger partial charge in [-0.3, -0.25) is 4.79 Å². The maximum atomic E-state index is 14.2. The number of halogens is 1. The van der Waals surface area contributed by atoms with Crippen LogP contribution in [0.5, 0.6) is 0 Å². The largest absolute Gasteiger partial charge is 0.381 e. The Hall–Kier alpha value is -2.88. The van der Waals surface area contributed by atoms with Crippen LogP contribution in [0.15, 0.2) is 72.5 Å². The van der Waals surface area contributed by atoms with E-state index in [1.807, 2.05) is 31.4 Å². The number of fused-ring (bicyclic) bond motifs is 1. The van der Waals surface area contributed by atoms with Crippen LogP contribution in [-0.2, 0) is 4.79 Å². The van der Waals surface area contributed by atoms with Crippen molar-refractivity contribution in [1.29, 1.82) is 0 Å². The molecule has 1 unspecified atom stereocenters. The topological polar surface area (TPSA) is 41.1 Å². The van der Waals surface area contributed by atoms with Crippen LogP contribution in [-0.4, -0.2) is 11.9 Å². The second-order valence-corrected chi connectivity index (χ2v) is 5.52. The standard InChI is InChI=1S/C19H17FN2O/c1-3-19(23)22-17-5-4-13(11-16(17)20)15-8-12(2)9-18-14(10-15)6-7-21-18/h3-11,18,21H,1H2,2H3,(H,22,23). The second kappa shape index (κ2) is 6.08. The molecule has 2 N–H and O–H groups in total. The van der Waals surface area contributed by atoms with E-state index in [9.17, 15) is 9.18 Å². The van der Waals surface area contributed by atoms with E-state index < -0.39 is 11.7 Å². The molecule has 4 heteroatoms. The van der Waals surface area contributed by atoms with E-state index in [4.69, 9.17) is 0 Å². The Kier molecular flexibility index (Phi) is 3.98. The lowest BCUT2D eigenvalue weighted by molar-refractivity contribution is -0.111. The van der Waals surface area contributed by atoms with E-state index in [2.05, 4.69) is 23.3 Å². The molecule has 0 spiro atoms. The molecule has 0 fully saturated rings. The van der Waals surface area contributed by atoms with Crippen LogP contribution in [0.1, 0.15) is 12.5 Å².